The van der Waals surface area contributed by atoms with Crippen molar-refractivity contribution in [3.8, 4) is 17.3 Å². The van der Waals surface area contributed by atoms with E-state index in [1.54, 1.807) is 12.1 Å². The van der Waals surface area contributed by atoms with Crippen LogP contribution in [0.5, 0.6) is 0 Å². The molecule has 0 unspecified atom stereocenters. The zero-order valence-electron chi connectivity index (χ0n) is 18.0. The number of nitrogen functional groups attached to an aromatic ring is 1. The van der Waals surface area contributed by atoms with Crippen molar-refractivity contribution in [1.29, 1.82) is 10.8 Å². The predicted molar refractivity (Wildman–Crippen MR) is 119 cm³/mol. The van der Waals surface area contributed by atoms with Gasteiger partial charge in [-0.1, -0.05) is 32.9 Å². The minimum atomic E-state index is -0.699. The third-order valence-electron chi connectivity index (χ3n) is 4.62. The number of nitrogens with two attached hydrogens (primary N) is 1. The highest BCUT2D eigenvalue weighted by Crippen LogP contribution is 2.26. The van der Waals surface area contributed by atoms with Crippen LogP contribution in [-0.4, -0.2) is 15.0 Å². The van der Waals surface area contributed by atoms with Gasteiger partial charge in [0.15, 0.2) is 0 Å². The Labute approximate surface area is 185 Å². The summed E-state index contributed by atoms with van der Waals surface area (Å²) in [6, 6.07) is 13.5. The second-order valence-electron chi connectivity index (χ2n) is 8.06. The molecular weight excluding hydrogens is 407 g/mol. The lowest BCUT2D eigenvalue weighted by Gasteiger charge is -2.18. The van der Waals surface area contributed by atoms with Gasteiger partial charge in [-0.15, -0.1) is 0 Å². The first-order chi connectivity index (χ1) is 15.2. The zero-order chi connectivity index (χ0) is 23.3. The first-order valence-electron chi connectivity index (χ1n) is 9.84. The number of nitrogens with one attached hydrogen (secondary N) is 2. The smallest absolute Gasteiger partial charge is 0.221 e. The molecule has 0 saturated heterocycles. The van der Waals surface area contributed by atoms with Gasteiger partial charge in [-0.25, -0.2) is 19.9 Å². The second-order valence-corrected chi connectivity index (χ2v) is 8.06. The van der Waals surface area contributed by atoms with Gasteiger partial charge in [0.2, 0.25) is 5.95 Å². The van der Waals surface area contributed by atoms with Crippen LogP contribution < -0.4 is 11.1 Å². The first kappa shape index (κ1) is 22.5. The number of hydrogen-bond acceptors (Lipinski definition) is 8. The molecule has 9 heteroatoms. The molecule has 0 amide bonds. The van der Waals surface area contributed by atoms with Crippen LogP contribution in [0.2, 0.25) is 0 Å². The molecule has 0 radical (unpaired) electrons. The second kappa shape index (κ2) is 9.31. The molecule has 0 aliphatic heterocycles. The van der Waals surface area contributed by atoms with Crippen LogP contribution in [0.3, 0.4) is 0 Å². The average Bonchev–Trinajstić information content (AvgIpc) is 2.76. The molecule has 0 atom stereocenters. The quantitative estimate of drug-likeness (QED) is 0.491. The number of aromatic nitrogens is 3. The molecule has 0 aliphatic rings. The summed E-state index contributed by atoms with van der Waals surface area (Å²) in [5, 5.41) is 15.7. The summed E-state index contributed by atoms with van der Waals surface area (Å²) in [5.41, 5.74) is 15.7. The Bertz CT molecular complexity index is 1220. The highest BCUT2D eigenvalue weighted by molar-refractivity contribution is 5.69. The Hall–Kier alpha value is -4.19. The van der Waals surface area contributed by atoms with E-state index in [0.717, 1.165) is 11.4 Å². The summed E-state index contributed by atoms with van der Waals surface area (Å²) in [6.45, 7) is 6.69. The number of anilines is 1. The molecule has 0 saturated carbocycles. The monoisotopic (exact) mass is 430 g/mol. The van der Waals surface area contributed by atoms with E-state index in [0.29, 0.717) is 6.54 Å². The number of benzene rings is 1. The molecule has 162 valence electrons. The molecule has 0 bridgehead atoms. The number of rotatable bonds is 6. The fraction of sp³-hybridized carbons (Fsp3) is 0.217. The first-order valence-corrected chi connectivity index (χ1v) is 9.84. The van der Waals surface area contributed by atoms with E-state index in [-0.39, 0.29) is 39.6 Å². The summed E-state index contributed by atoms with van der Waals surface area (Å²) in [4.78, 5) is 12.8. The van der Waals surface area contributed by atoms with E-state index in [1.807, 2.05) is 18.2 Å². The van der Waals surface area contributed by atoms with Crippen LogP contribution in [-0.2, 0) is 12.0 Å². The topological polar surface area (TPSA) is 137 Å². The fourth-order valence-corrected chi connectivity index (χ4v) is 2.96. The van der Waals surface area contributed by atoms with Crippen LogP contribution in [0, 0.1) is 22.7 Å². The normalized spacial score (nSPS) is 11.7. The highest BCUT2D eigenvalue weighted by atomic mass is 19.1. The van der Waals surface area contributed by atoms with Crippen molar-refractivity contribution in [2.24, 2.45) is 5.11 Å². The zero-order valence-corrected chi connectivity index (χ0v) is 18.0. The molecule has 3 aromatic rings. The van der Waals surface area contributed by atoms with E-state index in [9.17, 15) is 4.39 Å². The number of pyridine rings is 1. The van der Waals surface area contributed by atoms with Crippen molar-refractivity contribution >= 4 is 11.6 Å². The highest BCUT2D eigenvalue weighted by Gasteiger charge is 2.16. The fourth-order valence-electron chi connectivity index (χ4n) is 2.96. The Kier molecular flexibility index (Phi) is 6.54. The molecule has 0 aliphatic carbocycles. The van der Waals surface area contributed by atoms with Gasteiger partial charge in [-0.3, -0.25) is 4.98 Å². The summed E-state index contributed by atoms with van der Waals surface area (Å²) in [5.74, 6) is -0.802. The van der Waals surface area contributed by atoms with Gasteiger partial charge in [0.05, 0.1) is 29.2 Å². The van der Waals surface area contributed by atoms with Crippen LogP contribution in [0.4, 0.5) is 10.3 Å². The van der Waals surface area contributed by atoms with Gasteiger partial charge >= 0.3 is 0 Å². The van der Waals surface area contributed by atoms with Crippen LogP contribution in [0.25, 0.3) is 17.0 Å². The molecule has 2 aromatic heterocycles. The SMILES string of the molecule is CC(C)(C)c1cccc(CN/C=C(\N=N)c2cc(-c3cccc(C#N)c3F)nc(N)n2)n1. The molecular formula is C23H23FN8. The van der Waals surface area contributed by atoms with E-state index in [1.165, 1.54) is 24.4 Å². The summed E-state index contributed by atoms with van der Waals surface area (Å²) in [6.07, 6.45) is 1.52. The van der Waals surface area contributed by atoms with Crippen molar-refractivity contribution in [3.63, 3.8) is 0 Å². The van der Waals surface area contributed by atoms with E-state index in [2.05, 4.69) is 46.2 Å². The van der Waals surface area contributed by atoms with E-state index >= 15 is 0 Å². The number of nitriles is 1. The maximum atomic E-state index is 14.6. The lowest BCUT2D eigenvalue weighted by Crippen LogP contribution is -2.16. The molecule has 0 fully saturated rings. The minimum absolute atomic E-state index is 0.0689. The maximum Gasteiger partial charge on any atom is 0.221 e. The van der Waals surface area contributed by atoms with Crippen LogP contribution in [0.15, 0.2) is 53.8 Å². The average molecular weight is 430 g/mol. The predicted octanol–water partition coefficient (Wildman–Crippen LogP) is 4.55. The third-order valence-corrected chi connectivity index (χ3v) is 4.62. The van der Waals surface area contributed by atoms with E-state index < -0.39 is 5.82 Å². The third kappa shape index (κ3) is 5.10. The molecule has 2 heterocycles. The molecule has 1 aromatic carbocycles. The summed E-state index contributed by atoms with van der Waals surface area (Å²) >= 11 is 0. The lowest BCUT2D eigenvalue weighted by molar-refractivity contribution is 0.564. The van der Waals surface area contributed by atoms with Gasteiger partial charge in [-0.05, 0) is 30.3 Å². The van der Waals surface area contributed by atoms with Gasteiger partial charge in [0.25, 0.3) is 0 Å². The van der Waals surface area contributed by atoms with Gasteiger partial charge in [-0.2, -0.15) is 10.4 Å². The van der Waals surface area contributed by atoms with Crippen molar-refractivity contribution in [1.82, 2.24) is 20.3 Å². The minimum Gasteiger partial charge on any atom is -0.383 e. The van der Waals surface area contributed by atoms with Crippen molar-refractivity contribution in [2.45, 2.75) is 32.7 Å². The van der Waals surface area contributed by atoms with Gasteiger partial charge in [0.1, 0.15) is 17.6 Å². The van der Waals surface area contributed by atoms with Crippen molar-refractivity contribution < 1.29 is 4.39 Å². The molecule has 32 heavy (non-hydrogen) atoms. The largest absolute Gasteiger partial charge is 0.383 e. The van der Waals surface area contributed by atoms with Crippen molar-refractivity contribution in [2.75, 3.05) is 5.73 Å². The number of nitrogens with zero attached hydrogens (tertiary/aromatic N) is 5. The van der Waals surface area contributed by atoms with Gasteiger partial charge in [0, 0.05) is 22.9 Å². The Morgan fingerprint density at radius 2 is 1.97 bits per heavy atom. The van der Waals surface area contributed by atoms with Gasteiger partial charge < -0.3 is 11.1 Å². The lowest BCUT2D eigenvalue weighted by atomic mass is 9.91. The Balaban J connectivity index is 1.88. The maximum absolute atomic E-state index is 14.6. The molecule has 0 spiro atoms. The van der Waals surface area contributed by atoms with Crippen LogP contribution >= 0.6 is 0 Å². The Morgan fingerprint density at radius 3 is 2.66 bits per heavy atom. The number of halogens is 1. The molecule has 8 nitrogen and oxygen atoms in total. The summed E-state index contributed by atoms with van der Waals surface area (Å²) in [7, 11) is 0. The summed E-state index contributed by atoms with van der Waals surface area (Å²) < 4.78 is 14.6. The number of hydrogen-bond donors (Lipinski definition) is 3. The molecule has 4 N–H and O–H groups in total. The molecule has 3 rings (SSSR count). The standard InChI is InChI=1S/C23H23FN8/c1-23(2,3)20-9-5-7-15(29-20)12-28-13-19(32-27)18-10-17(30-22(26)31-18)16-8-4-6-14(11-25)21(16)24/h4-10,13,27-28H,12H2,1-3H3,(H2,26,30,31)/b19-13-,32-27?. The Morgan fingerprint density at radius 1 is 1.22 bits per heavy atom. The van der Waals surface area contributed by atoms with Crippen LogP contribution in [0.1, 0.15) is 43.4 Å². The van der Waals surface area contributed by atoms with Crippen molar-refractivity contribution in [3.05, 3.63) is 77.1 Å². The van der Waals surface area contributed by atoms with E-state index in [4.69, 9.17) is 16.5 Å².